The predicted molar refractivity (Wildman–Crippen MR) is 32.7 cm³/mol. The topological polar surface area (TPSA) is 75.6 Å². The van der Waals surface area contributed by atoms with Gasteiger partial charge in [0.15, 0.2) is 0 Å². The summed E-state index contributed by atoms with van der Waals surface area (Å²) in [5.41, 5.74) is 0. The van der Waals surface area contributed by atoms with Gasteiger partial charge in [-0.3, -0.25) is 4.79 Å². The largest absolute Gasteiger partial charge is 0.465 e. The van der Waals surface area contributed by atoms with Crippen LogP contribution in [0.25, 0.3) is 0 Å². The molecule has 2 N–H and O–H groups in total. The van der Waals surface area contributed by atoms with E-state index in [0.29, 0.717) is 0 Å². The number of hydrogen-bond donors (Lipinski definition) is 2. The Balaban J connectivity index is 3.06. The van der Waals surface area contributed by atoms with Gasteiger partial charge in [0.1, 0.15) is 6.61 Å². The van der Waals surface area contributed by atoms with Crippen LogP contribution in [0.1, 0.15) is 6.92 Å². The Hall–Kier alpha value is -1.26. The van der Waals surface area contributed by atoms with Crippen LogP contribution in [0.4, 0.5) is 4.79 Å². The first-order chi connectivity index (χ1) is 4.63. The van der Waals surface area contributed by atoms with E-state index < -0.39 is 12.1 Å². The summed E-state index contributed by atoms with van der Waals surface area (Å²) in [7, 11) is 0. The minimum absolute atomic E-state index is 0.0850. The number of hydrogen-bond acceptors (Lipinski definition) is 3. The first kappa shape index (κ1) is 8.74. The van der Waals surface area contributed by atoms with Gasteiger partial charge in [0.25, 0.3) is 0 Å². The molecule has 0 aromatic heterocycles. The van der Waals surface area contributed by atoms with Crippen molar-refractivity contribution < 1.29 is 19.4 Å². The summed E-state index contributed by atoms with van der Waals surface area (Å²) in [6.45, 7) is 1.48. The molecule has 0 aliphatic carbocycles. The molecule has 0 spiro atoms. The van der Waals surface area contributed by atoms with Crippen LogP contribution >= 0.6 is 0 Å². The van der Waals surface area contributed by atoms with E-state index >= 15 is 0 Å². The van der Waals surface area contributed by atoms with E-state index in [1.54, 1.807) is 0 Å². The molecule has 0 heterocycles. The highest BCUT2D eigenvalue weighted by atomic mass is 16.5. The zero-order chi connectivity index (χ0) is 7.98. The number of amides is 1. The highest BCUT2D eigenvalue weighted by Crippen LogP contribution is 1.73. The Kier molecular flexibility index (Phi) is 4.02. The van der Waals surface area contributed by atoms with Crippen molar-refractivity contribution in [2.24, 2.45) is 0 Å². The van der Waals surface area contributed by atoms with Crippen LogP contribution < -0.4 is 5.32 Å². The molecule has 5 heteroatoms. The minimum Gasteiger partial charge on any atom is -0.465 e. The highest BCUT2D eigenvalue weighted by molar-refractivity contribution is 5.66. The number of carboxylic acid groups (broad SMARTS) is 1. The van der Waals surface area contributed by atoms with Crippen LogP contribution in [0.3, 0.4) is 0 Å². The summed E-state index contributed by atoms with van der Waals surface area (Å²) >= 11 is 0. The molecule has 10 heavy (non-hydrogen) atoms. The van der Waals surface area contributed by atoms with Gasteiger partial charge in [-0.25, -0.2) is 4.79 Å². The third kappa shape index (κ3) is 6.74. The van der Waals surface area contributed by atoms with Gasteiger partial charge in [-0.1, -0.05) is 0 Å². The van der Waals surface area contributed by atoms with Crippen LogP contribution in [0.5, 0.6) is 0 Å². The van der Waals surface area contributed by atoms with E-state index in [9.17, 15) is 9.59 Å². The molecule has 0 radical (unpaired) electrons. The number of nitrogens with one attached hydrogen (secondary N) is 1. The Bertz CT molecular complexity index is 118. The zero-order valence-corrected chi connectivity index (χ0v) is 5.59. The second-order valence-electron chi connectivity index (χ2n) is 1.57. The van der Waals surface area contributed by atoms with Crippen LogP contribution in [0.15, 0.2) is 0 Å². The first-order valence-electron chi connectivity index (χ1n) is 2.73. The van der Waals surface area contributed by atoms with Crippen molar-refractivity contribution in [2.45, 2.75) is 6.92 Å². The zero-order valence-electron chi connectivity index (χ0n) is 5.59. The Morgan fingerprint density at radius 3 is 2.60 bits per heavy atom. The van der Waals surface area contributed by atoms with E-state index in [4.69, 9.17) is 5.11 Å². The lowest BCUT2D eigenvalue weighted by Gasteiger charge is -1.99. The van der Waals surface area contributed by atoms with Gasteiger partial charge in [0, 0.05) is 6.92 Å². The van der Waals surface area contributed by atoms with Gasteiger partial charge >= 0.3 is 12.1 Å². The van der Waals surface area contributed by atoms with Crippen LogP contribution in [-0.2, 0) is 9.53 Å². The maximum absolute atomic E-state index is 10.1. The molecular formula is C5H9NO4. The number of carbonyl (C=O) groups is 2. The number of ether oxygens (including phenoxy) is 1. The molecule has 0 aromatic carbocycles. The van der Waals surface area contributed by atoms with Crippen molar-refractivity contribution in [3.63, 3.8) is 0 Å². The molecule has 0 bridgehead atoms. The minimum atomic E-state index is -1.12. The van der Waals surface area contributed by atoms with Gasteiger partial charge < -0.3 is 15.2 Å². The molecule has 5 nitrogen and oxygen atoms in total. The van der Waals surface area contributed by atoms with Crippen LogP contribution in [-0.4, -0.2) is 30.3 Å². The fourth-order valence-corrected chi connectivity index (χ4v) is 0.353. The second-order valence-corrected chi connectivity index (χ2v) is 1.57. The van der Waals surface area contributed by atoms with Gasteiger partial charge in [-0.2, -0.15) is 0 Å². The van der Waals surface area contributed by atoms with Gasteiger partial charge in [-0.05, 0) is 0 Å². The van der Waals surface area contributed by atoms with Crippen LogP contribution in [0.2, 0.25) is 0 Å². The van der Waals surface area contributed by atoms with Gasteiger partial charge in [0.05, 0.1) is 6.54 Å². The molecule has 0 atom stereocenters. The molecule has 0 saturated carbocycles. The molecular weight excluding hydrogens is 138 g/mol. The Morgan fingerprint density at radius 1 is 1.60 bits per heavy atom. The van der Waals surface area contributed by atoms with Crippen molar-refractivity contribution in [1.82, 2.24) is 5.32 Å². The van der Waals surface area contributed by atoms with E-state index in [1.165, 1.54) is 6.92 Å². The average Bonchev–Trinajstić information content (AvgIpc) is 1.79. The summed E-state index contributed by atoms with van der Waals surface area (Å²) in [5.74, 6) is -0.410. The summed E-state index contributed by atoms with van der Waals surface area (Å²) in [6.07, 6.45) is -1.12. The number of rotatable bonds is 3. The lowest BCUT2D eigenvalue weighted by atomic mass is 10.7. The molecule has 58 valence electrons. The number of esters is 1. The number of carbonyl (C=O) groups excluding carboxylic acids is 1. The molecule has 0 aliphatic heterocycles. The third-order valence-corrected chi connectivity index (χ3v) is 0.684. The molecule has 0 saturated heterocycles. The van der Waals surface area contributed by atoms with E-state index in [2.05, 4.69) is 4.74 Å². The normalized spacial score (nSPS) is 8.50. The van der Waals surface area contributed by atoms with Crippen LogP contribution in [0, 0.1) is 0 Å². The summed E-state index contributed by atoms with van der Waals surface area (Å²) in [6, 6.07) is 0. The Labute approximate surface area is 58.0 Å². The van der Waals surface area contributed by atoms with Gasteiger partial charge in [0.2, 0.25) is 0 Å². The molecule has 0 unspecified atom stereocenters. The lowest BCUT2D eigenvalue weighted by molar-refractivity contribution is -0.140. The molecule has 1 amide bonds. The fourth-order valence-electron chi connectivity index (χ4n) is 0.353. The second kappa shape index (κ2) is 4.60. The summed E-state index contributed by atoms with van der Waals surface area (Å²) < 4.78 is 4.43. The SMILES string of the molecule is CC(=O)OCCNC(=O)O. The van der Waals surface area contributed by atoms with E-state index in [0.717, 1.165) is 0 Å². The van der Waals surface area contributed by atoms with Crippen molar-refractivity contribution in [3.05, 3.63) is 0 Å². The maximum atomic E-state index is 10.1. The standard InChI is InChI=1S/C5H9NO4/c1-4(7)10-3-2-6-5(8)9/h6H,2-3H2,1H3,(H,8,9). The van der Waals surface area contributed by atoms with Crippen molar-refractivity contribution in [2.75, 3.05) is 13.2 Å². The van der Waals surface area contributed by atoms with E-state index in [1.807, 2.05) is 5.32 Å². The quantitative estimate of drug-likeness (QED) is 0.428. The average molecular weight is 147 g/mol. The summed E-state index contributed by atoms with van der Waals surface area (Å²) in [4.78, 5) is 19.9. The predicted octanol–water partition coefficient (Wildman–Crippen LogP) is -0.183. The lowest BCUT2D eigenvalue weighted by Crippen LogP contribution is -2.25. The fraction of sp³-hybridized carbons (Fsp3) is 0.600. The maximum Gasteiger partial charge on any atom is 0.404 e. The Morgan fingerprint density at radius 2 is 2.20 bits per heavy atom. The highest BCUT2D eigenvalue weighted by Gasteiger charge is 1.94. The van der Waals surface area contributed by atoms with E-state index in [-0.39, 0.29) is 13.2 Å². The van der Waals surface area contributed by atoms with Gasteiger partial charge in [-0.15, -0.1) is 0 Å². The first-order valence-corrected chi connectivity index (χ1v) is 2.73. The molecule has 0 fully saturated rings. The van der Waals surface area contributed by atoms with Crippen molar-refractivity contribution in [1.29, 1.82) is 0 Å². The molecule has 0 aromatic rings. The molecule has 0 rings (SSSR count). The van der Waals surface area contributed by atoms with Crippen molar-refractivity contribution >= 4 is 12.1 Å². The third-order valence-electron chi connectivity index (χ3n) is 0.684. The van der Waals surface area contributed by atoms with Crippen molar-refractivity contribution in [3.8, 4) is 0 Å². The monoisotopic (exact) mass is 147 g/mol. The smallest absolute Gasteiger partial charge is 0.404 e. The summed E-state index contributed by atoms with van der Waals surface area (Å²) in [5, 5.41) is 10.1. The molecule has 0 aliphatic rings.